The van der Waals surface area contributed by atoms with Gasteiger partial charge in [0.25, 0.3) is 11.9 Å². The molecule has 0 aliphatic carbocycles. The van der Waals surface area contributed by atoms with Crippen molar-refractivity contribution in [2.75, 3.05) is 44.8 Å². The third-order valence-electron chi connectivity index (χ3n) is 7.75. The number of hydrogen-bond acceptors (Lipinski definition) is 7. The Kier molecular flexibility index (Phi) is 6.49. The number of likely N-dealkylation sites (tertiary alicyclic amines) is 1. The number of hydrogen-bond donors (Lipinski definition) is 2. The first kappa shape index (κ1) is 26.3. The van der Waals surface area contributed by atoms with Crippen LogP contribution in [0.1, 0.15) is 16.8 Å². The number of fused-ring (bicyclic) bond motifs is 1. The average Bonchev–Trinajstić information content (AvgIpc) is 3.61. The Hall–Kier alpha value is -4.58. The van der Waals surface area contributed by atoms with E-state index in [0.29, 0.717) is 61.5 Å². The van der Waals surface area contributed by atoms with Crippen molar-refractivity contribution in [3.05, 3.63) is 72.1 Å². The number of aromatic nitrogens is 2. The molecule has 2 aromatic carbocycles. The first-order valence-electron chi connectivity index (χ1n) is 13.6. The summed E-state index contributed by atoms with van der Waals surface area (Å²) < 4.78 is 60.6. The number of anilines is 1. The van der Waals surface area contributed by atoms with Gasteiger partial charge in [-0.1, -0.05) is 12.1 Å². The summed E-state index contributed by atoms with van der Waals surface area (Å²) in [4.78, 5) is 25.9. The van der Waals surface area contributed by atoms with E-state index in [4.69, 9.17) is 14.2 Å². The lowest BCUT2D eigenvalue weighted by Crippen LogP contribution is -2.51. The van der Waals surface area contributed by atoms with Crippen LogP contribution >= 0.6 is 0 Å². The maximum atomic E-state index is 15.2. The monoisotopic (exact) mass is 577 g/mol. The summed E-state index contributed by atoms with van der Waals surface area (Å²) in [5.74, 6) is -2.45. The van der Waals surface area contributed by atoms with Crippen molar-refractivity contribution in [3.8, 4) is 22.6 Å². The summed E-state index contributed by atoms with van der Waals surface area (Å²) >= 11 is 0. The molecule has 1 amide bonds. The van der Waals surface area contributed by atoms with Crippen molar-refractivity contribution in [1.82, 2.24) is 14.9 Å². The minimum atomic E-state index is -0.997. The van der Waals surface area contributed by atoms with Gasteiger partial charge in [-0.2, -0.15) is 0 Å². The summed E-state index contributed by atoms with van der Waals surface area (Å²) in [7, 11) is 0. The fourth-order valence-corrected chi connectivity index (χ4v) is 5.37. The Morgan fingerprint density at radius 2 is 1.90 bits per heavy atom. The summed E-state index contributed by atoms with van der Waals surface area (Å²) in [6, 6.07) is 10.8. The van der Waals surface area contributed by atoms with Gasteiger partial charge in [0.05, 0.1) is 37.1 Å². The number of amidine groups is 1. The van der Waals surface area contributed by atoms with E-state index in [9.17, 15) is 9.18 Å². The van der Waals surface area contributed by atoms with Gasteiger partial charge in [-0.3, -0.25) is 4.79 Å². The number of nitrogens with zero attached hydrogens (tertiary/aromatic N) is 3. The Balaban J connectivity index is 1.12. The molecule has 2 saturated heterocycles. The lowest BCUT2D eigenvalue weighted by molar-refractivity contribution is -0.132. The molecule has 1 spiro atoms. The van der Waals surface area contributed by atoms with Gasteiger partial charge >= 0.3 is 0 Å². The summed E-state index contributed by atoms with van der Waals surface area (Å²) in [6.07, 6.45) is 2.52. The maximum Gasteiger partial charge on any atom is 0.289 e. The van der Waals surface area contributed by atoms with E-state index in [2.05, 4.69) is 20.3 Å². The minimum absolute atomic E-state index is 0.0958. The van der Waals surface area contributed by atoms with Crippen molar-refractivity contribution >= 4 is 28.6 Å². The second-order valence-corrected chi connectivity index (χ2v) is 10.8. The van der Waals surface area contributed by atoms with Gasteiger partial charge in [0.15, 0.2) is 17.4 Å². The van der Waals surface area contributed by atoms with Crippen LogP contribution in [0.5, 0.6) is 11.5 Å². The van der Waals surface area contributed by atoms with Crippen molar-refractivity contribution in [1.29, 1.82) is 0 Å². The highest BCUT2D eigenvalue weighted by atomic mass is 19.1. The Labute approximate surface area is 238 Å². The van der Waals surface area contributed by atoms with E-state index in [0.717, 1.165) is 17.7 Å². The molecule has 3 aliphatic rings. The van der Waals surface area contributed by atoms with E-state index in [1.807, 2.05) is 0 Å². The Bertz CT molecular complexity index is 1680. The predicted molar refractivity (Wildman–Crippen MR) is 149 cm³/mol. The largest absolute Gasteiger partial charge is 0.464 e. The van der Waals surface area contributed by atoms with Crippen LogP contribution < -0.4 is 10.1 Å². The van der Waals surface area contributed by atoms with Crippen LogP contribution in [0, 0.1) is 17.0 Å². The summed E-state index contributed by atoms with van der Waals surface area (Å²) in [5.41, 5.74) is 2.31. The van der Waals surface area contributed by atoms with Gasteiger partial charge in [-0.25, -0.2) is 23.1 Å². The molecule has 0 radical (unpaired) electrons. The number of benzene rings is 2. The maximum absolute atomic E-state index is 15.2. The van der Waals surface area contributed by atoms with Crippen LogP contribution in [0.4, 0.5) is 18.9 Å². The molecule has 2 aromatic heterocycles. The van der Waals surface area contributed by atoms with Crippen molar-refractivity contribution in [2.45, 2.75) is 12.6 Å². The molecule has 0 bridgehead atoms. The molecule has 12 heteroatoms. The zero-order valence-electron chi connectivity index (χ0n) is 22.3. The van der Waals surface area contributed by atoms with E-state index < -0.39 is 23.6 Å². The number of aromatic amines is 1. The number of H-pyrrole nitrogens is 1. The highest BCUT2D eigenvalue weighted by Crippen LogP contribution is 2.39. The van der Waals surface area contributed by atoms with E-state index in [-0.39, 0.29) is 35.3 Å². The fourth-order valence-electron chi connectivity index (χ4n) is 5.37. The predicted octanol–water partition coefficient (Wildman–Crippen LogP) is 5.30. The lowest BCUT2D eigenvalue weighted by Gasteiger charge is -2.41. The number of amides is 1. The van der Waals surface area contributed by atoms with Crippen LogP contribution in [-0.2, 0) is 9.47 Å². The number of nitrogens with one attached hydrogen (secondary N) is 2. The lowest BCUT2D eigenvalue weighted by atomic mass is 9.87. The zero-order valence-corrected chi connectivity index (χ0v) is 22.3. The smallest absolute Gasteiger partial charge is 0.289 e. The molecular weight excluding hydrogens is 551 g/mol. The highest BCUT2D eigenvalue weighted by molar-refractivity contribution is 5.99. The number of halogens is 3. The normalized spacial score (nSPS) is 19.4. The van der Waals surface area contributed by atoms with Crippen molar-refractivity contribution in [2.24, 2.45) is 10.4 Å². The van der Waals surface area contributed by atoms with Crippen LogP contribution in [0.3, 0.4) is 0 Å². The molecule has 7 rings (SSSR count). The highest BCUT2D eigenvalue weighted by Gasteiger charge is 2.42. The molecule has 0 saturated carbocycles. The van der Waals surface area contributed by atoms with Gasteiger partial charge < -0.3 is 29.4 Å². The molecule has 4 aromatic rings. The second kappa shape index (κ2) is 10.4. The van der Waals surface area contributed by atoms with Gasteiger partial charge in [0.2, 0.25) is 0 Å². The van der Waals surface area contributed by atoms with Crippen molar-refractivity contribution in [3.63, 3.8) is 0 Å². The number of aliphatic imine (C=N–C) groups is 1. The molecule has 42 heavy (non-hydrogen) atoms. The first-order chi connectivity index (χ1) is 20.4. The number of ether oxygens (including phenoxy) is 3. The van der Waals surface area contributed by atoms with Crippen LogP contribution in [0.25, 0.3) is 22.2 Å². The number of rotatable bonds is 5. The second-order valence-electron chi connectivity index (χ2n) is 10.8. The molecule has 1 atom stereocenters. The fraction of sp³-hybridized carbons (Fsp3) is 0.300. The SMILES string of the molecule is O=C(c1ccc(-c2c[nH]c3nccc(Oc4c(F)cc(NC5=NCC6(COC6)CO5)cc4F)c23)cc1)N1CCC(F)C1. The van der Waals surface area contributed by atoms with E-state index in [1.165, 1.54) is 17.2 Å². The minimum Gasteiger partial charge on any atom is -0.464 e. The van der Waals surface area contributed by atoms with E-state index in [1.54, 1.807) is 30.5 Å². The third-order valence-corrected chi connectivity index (χ3v) is 7.75. The summed E-state index contributed by atoms with van der Waals surface area (Å²) in [6.45, 7) is 2.57. The number of pyridine rings is 1. The van der Waals surface area contributed by atoms with E-state index >= 15 is 8.78 Å². The Morgan fingerprint density at radius 1 is 1.12 bits per heavy atom. The molecule has 216 valence electrons. The standard InChI is InChI=1S/C30H26F3N5O4/c31-19-6-8-38(12-19)28(39)18-3-1-17(2-4-18)21-11-35-27-25(21)24(5-7-34-27)42-26-22(32)9-20(10-23(26)33)37-29-36-13-30(16-41-29)14-40-15-30/h1-5,7,9-11,19H,6,8,12-16H2,(H,34,35)(H,36,37). The molecular formula is C30H26F3N5O4. The number of carbonyl (C=O) groups excluding carboxylic acids is 1. The summed E-state index contributed by atoms with van der Waals surface area (Å²) in [5, 5.41) is 3.33. The van der Waals surface area contributed by atoms with Crippen LogP contribution in [0.2, 0.25) is 0 Å². The molecule has 3 aliphatic heterocycles. The quantitative estimate of drug-likeness (QED) is 0.334. The molecule has 9 nitrogen and oxygen atoms in total. The Morgan fingerprint density at radius 3 is 2.55 bits per heavy atom. The third kappa shape index (κ3) is 4.81. The van der Waals surface area contributed by atoms with Crippen LogP contribution in [0.15, 0.2) is 59.9 Å². The topological polar surface area (TPSA) is 101 Å². The van der Waals surface area contributed by atoms with Gasteiger partial charge in [-0.15, -0.1) is 0 Å². The van der Waals surface area contributed by atoms with Crippen LogP contribution in [-0.4, -0.2) is 72.4 Å². The number of alkyl halides is 1. The molecule has 5 heterocycles. The van der Waals surface area contributed by atoms with Gasteiger partial charge in [-0.05, 0) is 30.2 Å². The number of carbonyl (C=O) groups is 1. The van der Waals surface area contributed by atoms with Gasteiger partial charge in [0, 0.05) is 47.9 Å². The first-order valence-corrected chi connectivity index (χ1v) is 13.6. The zero-order chi connectivity index (χ0) is 28.8. The van der Waals surface area contributed by atoms with Gasteiger partial charge in [0.1, 0.15) is 24.2 Å². The molecule has 2 N–H and O–H groups in total. The average molecular weight is 578 g/mol. The molecule has 2 fully saturated rings. The van der Waals surface area contributed by atoms with Crippen molar-refractivity contribution < 1.29 is 32.2 Å². The molecule has 1 unspecified atom stereocenters.